The fourth-order valence-corrected chi connectivity index (χ4v) is 0.947. The van der Waals surface area contributed by atoms with Gasteiger partial charge >= 0.3 is 5.97 Å². The van der Waals surface area contributed by atoms with E-state index >= 15 is 0 Å². The second-order valence-electron chi connectivity index (χ2n) is 3.53. The van der Waals surface area contributed by atoms with Gasteiger partial charge in [-0.3, -0.25) is 9.79 Å². The van der Waals surface area contributed by atoms with Crippen molar-refractivity contribution >= 4 is 11.8 Å². The Balaban J connectivity index is 3.86. The van der Waals surface area contributed by atoms with Gasteiger partial charge in [-0.05, 0) is 26.7 Å². The van der Waals surface area contributed by atoms with E-state index in [0.29, 0.717) is 25.2 Å². The van der Waals surface area contributed by atoms with Gasteiger partial charge in [0.25, 0.3) is 0 Å². The third-order valence-electron chi connectivity index (χ3n) is 1.87. The van der Waals surface area contributed by atoms with Crippen molar-refractivity contribution in [3.05, 3.63) is 11.6 Å². The van der Waals surface area contributed by atoms with Crippen molar-refractivity contribution in [1.82, 2.24) is 0 Å². The molecule has 15 heavy (non-hydrogen) atoms. The number of hydrogen-bond donors (Lipinski definition) is 3. The van der Waals surface area contributed by atoms with Crippen LogP contribution >= 0.6 is 0 Å². The lowest BCUT2D eigenvalue weighted by Crippen LogP contribution is -2.29. The Labute approximate surface area is 89.9 Å². The molecule has 0 aliphatic heterocycles. The molecule has 0 saturated carbocycles. The van der Waals surface area contributed by atoms with Gasteiger partial charge in [0, 0.05) is 0 Å². The molecule has 5 N–H and O–H groups in total. The average molecular weight is 213 g/mol. The Bertz CT molecular complexity index is 268. The number of carbonyl (C=O) groups is 1. The van der Waals surface area contributed by atoms with Crippen molar-refractivity contribution in [2.75, 3.05) is 6.54 Å². The first-order valence-corrected chi connectivity index (χ1v) is 4.84. The quantitative estimate of drug-likeness (QED) is 0.339. The van der Waals surface area contributed by atoms with E-state index in [2.05, 4.69) is 4.99 Å². The van der Waals surface area contributed by atoms with E-state index in [4.69, 9.17) is 16.6 Å². The van der Waals surface area contributed by atoms with Crippen LogP contribution in [0.5, 0.6) is 0 Å². The first kappa shape index (κ1) is 13.6. The van der Waals surface area contributed by atoms with Crippen molar-refractivity contribution in [2.45, 2.75) is 32.7 Å². The molecule has 0 aromatic rings. The zero-order valence-electron chi connectivity index (χ0n) is 9.23. The van der Waals surface area contributed by atoms with E-state index in [1.807, 2.05) is 13.0 Å². The minimum atomic E-state index is -0.961. The molecular formula is C10H19N3O2. The molecule has 0 bridgehead atoms. The maximum Gasteiger partial charge on any atom is 0.320 e. The maximum atomic E-state index is 10.4. The Morgan fingerprint density at radius 3 is 2.60 bits per heavy atom. The number of nitrogens with zero attached hydrogens (tertiary/aromatic N) is 1. The summed E-state index contributed by atoms with van der Waals surface area (Å²) in [4.78, 5) is 14.4. The monoisotopic (exact) mass is 213 g/mol. The van der Waals surface area contributed by atoms with Crippen LogP contribution in [0.15, 0.2) is 16.6 Å². The fraction of sp³-hybridized carbons (Fsp3) is 0.600. The van der Waals surface area contributed by atoms with Crippen molar-refractivity contribution in [1.29, 1.82) is 0 Å². The lowest BCUT2D eigenvalue weighted by Gasteiger charge is -2.03. The molecule has 0 aliphatic carbocycles. The molecule has 0 aliphatic rings. The number of nitrogens with two attached hydrogens (primary N) is 2. The molecule has 0 aromatic heterocycles. The molecule has 0 radical (unpaired) electrons. The van der Waals surface area contributed by atoms with E-state index in [9.17, 15) is 4.79 Å². The number of allylic oxidation sites excluding steroid dienone is 1. The smallest absolute Gasteiger partial charge is 0.320 e. The van der Waals surface area contributed by atoms with Crippen LogP contribution in [0.25, 0.3) is 0 Å². The van der Waals surface area contributed by atoms with E-state index < -0.39 is 12.0 Å². The highest BCUT2D eigenvalue weighted by atomic mass is 16.4. The summed E-state index contributed by atoms with van der Waals surface area (Å²) in [6.07, 6.45) is 3.03. The van der Waals surface area contributed by atoms with Gasteiger partial charge in [0.15, 0.2) is 0 Å². The lowest BCUT2D eigenvalue weighted by atomic mass is 10.1. The highest BCUT2D eigenvalue weighted by Gasteiger charge is 2.09. The van der Waals surface area contributed by atoms with E-state index in [1.54, 1.807) is 6.92 Å². The standard InChI is InChI=1S/C10H19N3O2/c1-7(6-13-8(2)11)4-3-5-9(12)10(14)15/h4,9H,3,5-6,12H2,1-2H3,(H2,11,13)(H,14,15)/b7-4+. The number of aliphatic imine (C=N–C) groups is 1. The zero-order chi connectivity index (χ0) is 11.8. The SMILES string of the molecule is CC(N)=NC/C(C)=C/CCC(N)C(=O)O. The Kier molecular flexibility index (Phi) is 6.37. The predicted molar refractivity (Wildman–Crippen MR) is 60.8 cm³/mol. The second kappa shape index (κ2) is 7.00. The number of carboxylic acids is 1. The van der Waals surface area contributed by atoms with Gasteiger partial charge in [0.1, 0.15) is 6.04 Å². The molecular weight excluding hydrogens is 194 g/mol. The fourth-order valence-electron chi connectivity index (χ4n) is 0.947. The second-order valence-corrected chi connectivity index (χ2v) is 3.53. The van der Waals surface area contributed by atoms with Gasteiger partial charge in [-0.2, -0.15) is 0 Å². The summed E-state index contributed by atoms with van der Waals surface area (Å²) >= 11 is 0. The minimum absolute atomic E-state index is 0.442. The van der Waals surface area contributed by atoms with Crippen molar-refractivity contribution in [3.63, 3.8) is 0 Å². The molecule has 0 heterocycles. The van der Waals surface area contributed by atoms with E-state index in [-0.39, 0.29) is 0 Å². The third-order valence-corrected chi connectivity index (χ3v) is 1.87. The molecule has 0 rings (SSSR count). The highest BCUT2D eigenvalue weighted by molar-refractivity contribution is 5.77. The van der Waals surface area contributed by atoms with Crippen LogP contribution in [-0.4, -0.2) is 29.5 Å². The molecule has 1 unspecified atom stereocenters. The van der Waals surface area contributed by atoms with Gasteiger partial charge < -0.3 is 16.6 Å². The number of amidine groups is 1. The molecule has 1 atom stereocenters. The largest absolute Gasteiger partial charge is 0.480 e. The topological polar surface area (TPSA) is 102 Å². The van der Waals surface area contributed by atoms with Crippen LogP contribution in [-0.2, 0) is 4.79 Å². The summed E-state index contributed by atoms with van der Waals surface area (Å²) in [6.45, 7) is 4.22. The van der Waals surface area contributed by atoms with Crippen molar-refractivity contribution < 1.29 is 9.90 Å². The van der Waals surface area contributed by atoms with Crippen molar-refractivity contribution in [2.24, 2.45) is 16.5 Å². The van der Waals surface area contributed by atoms with E-state index in [0.717, 1.165) is 5.57 Å². The van der Waals surface area contributed by atoms with Crippen LogP contribution in [0, 0.1) is 0 Å². The first-order valence-electron chi connectivity index (χ1n) is 4.84. The molecule has 5 nitrogen and oxygen atoms in total. The van der Waals surface area contributed by atoms with Gasteiger partial charge in [0.2, 0.25) is 0 Å². The van der Waals surface area contributed by atoms with Crippen LogP contribution in [0.4, 0.5) is 0 Å². The van der Waals surface area contributed by atoms with Crippen LogP contribution in [0.2, 0.25) is 0 Å². The molecule has 0 amide bonds. The summed E-state index contributed by atoms with van der Waals surface area (Å²) < 4.78 is 0. The molecule has 5 heteroatoms. The van der Waals surface area contributed by atoms with Gasteiger partial charge in [0.05, 0.1) is 12.4 Å². The zero-order valence-corrected chi connectivity index (χ0v) is 9.23. The molecule has 86 valence electrons. The maximum absolute atomic E-state index is 10.4. The number of rotatable bonds is 6. The third kappa shape index (κ3) is 7.69. The summed E-state index contributed by atoms with van der Waals surface area (Å²) in [7, 11) is 0. The van der Waals surface area contributed by atoms with E-state index in [1.165, 1.54) is 0 Å². The molecule has 0 spiro atoms. The molecule has 0 aromatic carbocycles. The summed E-state index contributed by atoms with van der Waals surface area (Å²) in [5.41, 5.74) is 11.8. The van der Waals surface area contributed by atoms with Gasteiger partial charge in [-0.1, -0.05) is 11.6 Å². The average Bonchev–Trinajstić information content (AvgIpc) is 2.14. The molecule has 0 fully saturated rings. The highest BCUT2D eigenvalue weighted by Crippen LogP contribution is 2.01. The summed E-state index contributed by atoms with van der Waals surface area (Å²) in [5, 5.41) is 8.54. The van der Waals surface area contributed by atoms with Crippen LogP contribution < -0.4 is 11.5 Å². The predicted octanol–water partition coefficient (Wildman–Crippen LogP) is 0.502. The first-order chi connectivity index (χ1) is 6.93. The lowest BCUT2D eigenvalue weighted by molar-refractivity contribution is -0.138. The van der Waals surface area contributed by atoms with Crippen LogP contribution in [0.3, 0.4) is 0 Å². The Morgan fingerprint density at radius 1 is 1.53 bits per heavy atom. The normalized spacial score (nSPS) is 15.1. The minimum Gasteiger partial charge on any atom is -0.480 e. The summed E-state index contributed by atoms with van der Waals surface area (Å²) in [5.74, 6) is -0.415. The Morgan fingerprint density at radius 2 is 2.13 bits per heavy atom. The van der Waals surface area contributed by atoms with Gasteiger partial charge in [-0.15, -0.1) is 0 Å². The Hall–Kier alpha value is -1.36. The van der Waals surface area contributed by atoms with Crippen LogP contribution in [0.1, 0.15) is 26.7 Å². The number of hydrogen-bond acceptors (Lipinski definition) is 3. The number of carboxylic acid groups (broad SMARTS) is 1. The molecule has 0 saturated heterocycles. The van der Waals surface area contributed by atoms with Gasteiger partial charge in [-0.25, -0.2) is 0 Å². The number of aliphatic carboxylic acids is 1. The summed E-state index contributed by atoms with van der Waals surface area (Å²) in [6, 6.07) is -0.784. The van der Waals surface area contributed by atoms with Crippen molar-refractivity contribution in [3.8, 4) is 0 Å².